The highest BCUT2D eigenvalue weighted by atomic mass is 35.5. The second-order valence-corrected chi connectivity index (χ2v) is 1.99. The summed E-state index contributed by atoms with van der Waals surface area (Å²) in [7, 11) is 1.19. The molecule has 0 amide bonds. The summed E-state index contributed by atoms with van der Waals surface area (Å²) in [6.07, 6.45) is 0. The SMILES string of the molecule is COC(=O)C(N)COC(=O)Cl. The number of carbonyl (C=O) groups excluding carboxylic acids is 2. The number of rotatable bonds is 3. The van der Waals surface area contributed by atoms with Gasteiger partial charge in [-0.3, -0.25) is 4.79 Å². The molecule has 1 unspecified atom stereocenters. The molecule has 0 aromatic heterocycles. The molecule has 0 aromatic carbocycles. The number of carbonyl (C=O) groups is 2. The molecule has 64 valence electrons. The zero-order chi connectivity index (χ0) is 8.85. The van der Waals surface area contributed by atoms with Crippen LogP contribution in [0.25, 0.3) is 0 Å². The Hall–Kier alpha value is -0.810. The Balaban J connectivity index is 3.60. The minimum Gasteiger partial charge on any atom is -0.468 e. The van der Waals surface area contributed by atoms with Gasteiger partial charge < -0.3 is 15.2 Å². The molecule has 0 heterocycles. The van der Waals surface area contributed by atoms with Crippen LogP contribution < -0.4 is 5.73 Å². The van der Waals surface area contributed by atoms with Gasteiger partial charge in [0.1, 0.15) is 12.6 Å². The van der Waals surface area contributed by atoms with E-state index < -0.39 is 17.4 Å². The molecular formula is C5H8ClNO4. The van der Waals surface area contributed by atoms with Gasteiger partial charge in [0.25, 0.3) is 0 Å². The van der Waals surface area contributed by atoms with Crippen LogP contribution in [0.2, 0.25) is 0 Å². The Morgan fingerprint density at radius 1 is 1.64 bits per heavy atom. The zero-order valence-electron chi connectivity index (χ0n) is 5.87. The lowest BCUT2D eigenvalue weighted by Gasteiger charge is -2.07. The number of ether oxygens (including phenoxy) is 2. The van der Waals surface area contributed by atoms with E-state index in [-0.39, 0.29) is 6.61 Å². The molecule has 0 saturated heterocycles. The van der Waals surface area contributed by atoms with Crippen LogP contribution in [0.15, 0.2) is 0 Å². The van der Waals surface area contributed by atoms with Crippen molar-refractivity contribution in [2.45, 2.75) is 6.04 Å². The number of hydrogen-bond acceptors (Lipinski definition) is 5. The largest absolute Gasteiger partial charge is 0.468 e. The van der Waals surface area contributed by atoms with Gasteiger partial charge in [0.2, 0.25) is 0 Å². The van der Waals surface area contributed by atoms with Gasteiger partial charge >= 0.3 is 11.4 Å². The summed E-state index contributed by atoms with van der Waals surface area (Å²) in [5.41, 5.74) is 4.17. The second kappa shape index (κ2) is 4.92. The average Bonchev–Trinajstić information content (AvgIpc) is 1.98. The molecule has 0 aliphatic heterocycles. The van der Waals surface area contributed by atoms with E-state index in [1.807, 2.05) is 0 Å². The number of hydrogen-bond donors (Lipinski definition) is 1. The summed E-state index contributed by atoms with van der Waals surface area (Å²) in [6.45, 7) is -0.269. The number of nitrogens with two attached hydrogens (primary N) is 1. The van der Waals surface area contributed by atoms with Gasteiger partial charge in [-0.15, -0.1) is 0 Å². The number of esters is 1. The molecule has 6 heteroatoms. The third-order valence-corrected chi connectivity index (χ3v) is 0.989. The first-order valence-corrected chi connectivity index (χ1v) is 3.11. The van der Waals surface area contributed by atoms with Gasteiger partial charge in [-0.05, 0) is 0 Å². The van der Waals surface area contributed by atoms with Gasteiger partial charge in [-0.1, -0.05) is 0 Å². The van der Waals surface area contributed by atoms with E-state index in [1.165, 1.54) is 7.11 Å². The zero-order valence-corrected chi connectivity index (χ0v) is 6.63. The molecule has 0 aromatic rings. The third kappa shape index (κ3) is 4.58. The van der Waals surface area contributed by atoms with Crippen molar-refractivity contribution in [3.05, 3.63) is 0 Å². The van der Waals surface area contributed by atoms with Gasteiger partial charge in [-0.25, -0.2) is 4.79 Å². The molecule has 0 aliphatic rings. The normalized spacial score (nSPS) is 11.9. The molecule has 2 N–H and O–H groups in total. The third-order valence-electron chi connectivity index (χ3n) is 0.880. The Kier molecular flexibility index (Phi) is 4.56. The number of halogens is 1. The van der Waals surface area contributed by atoms with Crippen molar-refractivity contribution in [1.82, 2.24) is 0 Å². The maximum atomic E-state index is 10.5. The highest BCUT2D eigenvalue weighted by Crippen LogP contribution is 1.90. The Morgan fingerprint density at radius 2 is 2.18 bits per heavy atom. The van der Waals surface area contributed by atoms with E-state index in [9.17, 15) is 9.59 Å². The van der Waals surface area contributed by atoms with E-state index in [0.717, 1.165) is 0 Å². The van der Waals surface area contributed by atoms with Crippen LogP contribution in [-0.4, -0.2) is 31.2 Å². The minimum absolute atomic E-state index is 0.269. The van der Waals surface area contributed by atoms with Crippen molar-refractivity contribution >= 4 is 23.0 Å². The summed E-state index contributed by atoms with van der Waals surface area (Å²) < 4.78 is 8.47. The summed E-state index contributed by atoms with van der Waals surface area (Å²) >= 11 is 4.80. The summed E-state index contributed by atoms with van der Waals surface area (Å²) in [5, 5.41) is 0. The summed E-state index contributed by atoms with van der Waals surface area (Å²) in [5.74, 6) is -0.650. The van der Waals surface area contributed by atoms with Gasteiger partial charge in [0.15, 0.2) is 0 Å². The fraction of sp³-hybridized carbons (Fsp3) is 0.600. The summed E-state index contributed by atoms with van der Waals surface area (Å²) in [4.78, 5) is 20.5. The molecule has 0 bridgehead atoms. The number of methoxy groups -OCH3 is 1. The standard InChI is InChI=1S/C5H8ClNO4/c1-10-4(8)3(7)2-11-5(6)9/h3H,2,7H2,1H3. The van der Waals surface area contributed by atoms with E-state index in [1.54, 1.807) is 0 Å². The molecule has 0 saturated carbocycles. The lowest BCUT2D eigenvalue weighted by molar-refractivity contribution is -0.142. The van der Waals surface area contributed by atoms with Gasteiger partial charge in [0, 0.05) is 11.6 Å². The van der Waals surface area contributed by atoms with Crippen molar-refractivity contribution in [3.8, 4) is 0 Å². The smallest absolute Gasteiger partial charge is 0.403 e. The maximum absolute atomic E-state index is 10.5. The topological polar surface area (TPSA) is 78.6 Å². The van der Waals surface area contributed by atoms with Crippen molar-refractivity contribution in [1.29, 1.82) is 0 Å². The average molecular weight is 182 g/mol. The van der Waals surface area contributed by atoms with E-state index in [4.69, 9.17) is 17.3 Å². The van der Waals surface area contributed by atoms with Crippen LogP contribution in [0.5, 0.6) is 0 Å². The van der Waals surface area contributed by atoms with Gasteiger partial charge in [-0.2, -0.15) is 0 Å². The highest BCUT2D eigenvalue weighted by Gasteiger charge is 2.14. The molecule has 0 spiro atoms. The molecule has 0 radical (unpaired) electrons. The monoisotopic (exact) mass is 181 g/mol. The first-order valence-electron chi connectivity index (χ1n) is 2.73. The molecule has 5 nitrogen and oxygen atoms in total. The first kappa shape index (κ1) is 10.2. The fourth-order valence-electron chi connectivity index (χ4n) is 0.375. The maximum Gasteiger partial charge on any atom is 0.403 e. The van der Waals surface area contributed by atoms with Crippen molar-refractivity contribution in [2.75, 3.05) is 13.7 Å². The Labute approximate surface area is 68.4 Å². The van der Waals surface area contributed by atoms with Crippen LogP contribution in [0.3, 0.4) is 0 Å². The Morgan fingerprint density at radius 3 is 2.55 bits per heavy atom. The highest BCUT2D eigenvalue weighted by molar-refractivity contribution is 6.61. The molecule has 0 rings (SSSR count). The molecule has 1 atom stereocenters. The van der Waals surface area contributed by atoms with Crippen LogP contribution in [0.1, 0.15) is 0 Å². The molecule has 0 fully saturated rings. The molecule has 0 aliphatic carbocycles. The van der Waals surface area contributed by atoms with Crippen molar-refractivity contribution < 1.29 is 19.1 Å². The predicted octanol–water partition coefficient (Wildman–Crippen LogP) is -0.138. The Bertz CT molecular complexity index is 161. The van der Waals surface area contributed by atoms with Crippen molar-refractivity contribution in [3.63, 3.8) is 0 Å². The van der Waals surface area contributed by atoms with Crippen molar-refractivity contribution in [2.24, 2.45) is 5.73 Å². The van der Waals surface area contributed by atoms with Crippen LogP contribution in [-0.2, 0) is 14.3 Å². The second-order valence-electron chi connectivity index (χ2n) is 1.68. The van der Waals surface area contributed by atoms with E-state index in [2.05, 4.69) is 9.47 Å². The molecular weight excluding hydrogens is 174 g/mol. The lowest BCUT2D eigenvalue weighted by atomic mass is 10.3. The van der Waals surface area contributed by atoms with Crippen LogP contribution >= 0.6 is 11.6 Å². The van der Waals surface area contributed by atoms with E-state index >= 15 is 0 Å². The van der Waals surface area contributed by atoms with Gasteiger partial charge in [0.05, 0.1) is 7.11 Å². The van der Waals surface area contributed by atoms with Crippen LogP contribution in [0.4, 0.5) is 4.79 Å². The summed E-state index contributed by atoms with van der Waals surface area (Å²) in [6, 6.07) is -0.970. The quantitative estimate of drug-likeness (QED) is 0.484. The fourth-order valence-corrected chi connectivity index (χ4v) is 0.438. The first-order chi connectivity index (χ1) is 5.07. The van der Waals surface area contributed by atoms with E-state index in [0.29, 0.717) is 0 Å². The predicted molar refractivity (Wildman–Crippen MR) is 37.2 cm³/mol. The minimum atomic E-state index is -0.996. The van der Waals surface area contributed by atoms with Crippen LogP contribution in [0, 0.1) is 0 Å². The lowest BCUT2D eigenvalue weighted by Crippen LogP contribution is -2.36. The molecule has 11 heavy (non-hydrogen) atoms.